The number of benzene rings is 1. The molecule has 3 nitrogen and oxygen atoms in total. The van der Waals surface area contributed by atoms with E-state index in [-0.39, 0.29) is 5.82 Å². The first-order valence-corrected chi connectivity index (χ1v) is 6.20. The van der Waals surface area contributed by atoms with Crippen LogP contribution in [0.1, 0.15) is 11.1 Å². The lowest BCUT2D eigenvalue weighted by Crippen LogP contribution is -2.13. The van der Waals surface area contributed by atoms with Crippen molar-refractivity contribution in [1.29, 1.82) is 0 Å². The van der Waals surface area contributed by atoms with Crippen molar-refractivity contribution in [2.75, 3.05) is 7.11 Å². The summed E-state index contributed by atoms with van der Waals surface area (Å²) in [7, 11) is 1.57. The first kappa shape index (κ1) is 13.8. The van der Waals surface area contributed by atoms with E-state index in [9.17, 15) is 4.39 Å². The van der Waals surface area contributed by atoms with Crippen molar-refractivity contribution in [2.24, 2.45) is 0 Å². The van der Waals surface area contributed by atoms with Gasteiger partial charge in [0.25, 0.3) is 0 Å². The van der Waals surface area contributed by atoms with Crippen LogP contribution in [0.3, 0.4) is 0 Å². The number of ether oxygens (including phenoxy) is 1. The molecule has 0 aliphatic rings. The van der Waals surface area contributed by atoms with E-state index in [1.54, 1.807) is 25.4 Å². The molecule has 0 saturated heterocycles. The Balaban J connectivity index is 1.92. The summed E-state index contributed by atoms with van der Waals surface area (Å²) in [6.07, 6.45) is 1.68. The minimum Gasteiger partial charge on any atom is -0.481 e. The highest BCUT2D eigenvalue weighted by Crippen LogP contribution is 2.14. The maximum atomic E-state index is 13.5. The summed E-state index contributed by atoms with van der Waals surface area (Å²) >= 11 is 5.70. The van der Waals surface area contributed by atoms with Gasteiger partial charge in [0.15, 0.2) is 0 Å². The average molecular weight is 281 g/mol. The maximum absolute atomic E-state index is 13.5. The predicted molar refractivity (Wildman–Crippen MR) is 72.7 cm³/mol. The second-order valence-corrected chi connectivity index (χ2v) is 4.48. The molecular formula is C14H14ClFN2O. The summed E-state index contributed by atoms with van der Waals surface area (Å²) in [5.41, 5.74) is 1.62. The molecule has 0 aliphatic carbocycles. The third-order valence-electron chi connectivity index (χ3n) is 2.67. The number of methoxy groups -OCH3 is 1. The summed E-state index contributed by atoms with van der Waals surface area (Å²) in [5, 5.41) is 3.57. The summed E-state index contributed by atoms with van der Waals surface area (Å²) in [5.74, 6) is 0.268. The normalized spacial score (nSPS) is 10.5. The number of pyridine rings is 1. The zero-order chi connectivity index (χ0) is 13.7. The standard InChI is InChI=1S/C14H14ClFN2O/c1-19-14-6-10(4-5-18-14)8-17-9-11-2-3-12(15)7-13(11)16/h2-7,17H,8-9H2,1H3. The molecule has 0 saturated carbocycles. The molecule has 0 spiro atoms. The number of aromatic nitrogens is 1. The van der Waals surface area contributed by atoms with Gasteiger partial charge in [0.2, 0.25) is 5.88 Å². The van der Waals surface area contributed by atoms with E-state index >= 15 is 0 Å². The van der Waals surface area contributed by atoms with Crippen LogP contribution in [0, 0.1) is 5.82 Å². The Hall–Kier alpha value is -1.65. The van der Waals surface area contributed by atoms with Crippen LogP contribution in [0.4, 0.5) is 4.39 Å². The Morgan fingerprint density at radius 1 is 1.26 bits per heavy atom. The highest BCUT2D eigenvalue weighted by atomic mass is 35.5. The Bertz CT molecular complexity index is 563. The minimum atomic E-state index is -0.299. The van der Waals surface area contributed by atoms with E-state index < -0.39 is 0 Å². The molecule has 2 rings (SSSR count). The zero-order valence-electron chi connectivity index (χ0n) is 10.5. The van der Waals surface area contributed by atoms with Gasteiger partial charge in [-0.15, -0.1) is 0 Å². The van der Waals surface area contributed by atoms with Crippen molar-refractivity contribution in [3.05, 3.63) is 58.5 Å². The smallest absolute Gasteiger partial charge is 0.213 e. The fourth-order valence-corrected chi connectivity index (χ4v) is 1.84. The van der Waals surface area contributed by atoms with Gasteiger partial charge in [-0.2, -0.15) is 0 Å². The number of hydrogen-bond donors (Lipinski definition) is 1. The zero-order valence-corrected chi connectivity index (χ0v) is 11.2. The fourth-order valence-electron chi connectivity index (χ4n) is 1.68. The highest BCUT2D eigenvalue weighted by molar-refractivity contribution is 6.30. The molecule has 0 fully saturated rings. The third kappa shape index (κ3) is 3.91. The molecule has 0 unspecified atom stereocenters. The summed E-state index contributed by atoms with van der Waals surface area (Å²) in [6.45, 7) is 1.05. The van der Waals surface area contributed by atoms with Gasteiger partial charge < -0.3 is 10.1 Å². The fraction of sp³-hybridized carbons (Fsp3) is 0.214. The minimum absolute atomic E-state index is 0.299. The molecule has 19 heavy (non-hydrogen) atoms. The molecule has 0 bridgehead atoms. The van der Waals surface area contributed by atoms with E-state index in [0.717, 1.165) is 5.56 Å². The molecule has 100 valence electrons. The molecule has 5 heteroatoms. The van der Waals surface area contributed by atoms with Crippen LogP contribution < -0.4 is 10.1 Å². The van der Waals surface area contributed by atoms with E-state index in [2.05, 4.69) is 10.3 Å². The molecule has 0 amide bonds. The lowest BCUT2D eigenvalue weighted by molar-refractivity contribution is 0.397. The molecule has 2 aromatic rings. The Kier molecular flexibility index (Phi) is 4.71. The molecule has 0 aliphatic heterocycles. The Labute approximate surface area is 116 Å². The second-order valence-electron chi connectivity index (χ2n) is 4.05. The number of rotatable bonds is 5. The van der Waals surface area contributed by atoms with E-state index in [4.69, 9.17) is 16.3 Å². The number of nitrogens with zero attached hydrogens (tertiary/aromatic N) is 1. The Morgan fingerprint density at radius 3 is 2.84 bits per heavy atom. The number of nitrogens with one attached hydrogen (secondary N) is 1. The molecule has 0 radical (unpaired) electrons. The van der Waals surface area contributed by atoms with Crippen LogP contribution in [0.15, 0.2) is 36.5 Å². The van der Waals surface area contributed by atoms with Crippen LogP contribution in [0.5, 0.6) is 5.88 Å². The van der Waals surface area contributed by atoms with Gasteiger partial charge in [0.1, 0.15) is 5.82 Å². The largest absolute Gasteiger partial charge is 0.481 e. The van der Waals surface area contributed by atoms with Crippen LogP contribution in [-0.4, -0.2) is 12.1 Å². The topological polar surface area (TPSA) is 34.1 Å². The van der Waals surface area contributed by atoms with E-state index in [1.165, 1.54) is 6.07 Å². The summed E-state index contributed by atoms with van der Waals surface area (Å²) < 4.78 is 18.6. The first-order chi connectivity index (χ1) is 9.19. The maximum Gasteiger partial charge on any atom is 0.213 e. The third-order valence-corrected chi connectivity index (χ3v) is 2.90. The van der Waals surface area contributed by atoms with Crippen molar-refractivity contribution < 1.29 is 9.13 Å². The van der Waals surface area contributed by atoms with Gasteiger partial charge in [-0.1, -0.05) is 17.7 Å². The van der Waals surface area contributed by atoms with Gasteiger partial charge in [-0.05, 0) is 23.8 Å². The quantitative estimate of drug-likeness (QED) is 0.913. The van der Waals surface area contributed by atoms with Crippen LogP contribution in [0.25, 0.3) is 0 Å². The molecular weight excluding hydrogens is 267 g/mol. The lowest BCUT2D eigenvalue weighted by Gasteiger charge is -2.07. The molecule has 1 heterocycles. The van der Waals surface area contributed by atoms with Crippen molar-refractivity contribution in [3.8, 4) is 5.88 Å². The van der Waals surface area contributed by atoms with Gasteiger partial charge in [-0.3, -0.25) is 0 Å². The second kappa shape index (κ2) is 6.50. The predicted octanol–water partition coefficient (Wildman–Crippen LogP) is 3.17. The van der Waals surface area contributed by atoms with Crippen molar-refractivity contribution in [2.45, 2.75) is 13.1 Å². The van der Waals surface area contributed by atoms with Crippen molar-refractivity contribution in [1.82, 2.24) is 10.3 Å². The lowest BCUT2D eigenvalue weighted by atomic mass is 10.2. The van der Waals surface area contributed by atoms with Crippen LogP contribution in [-0.2, 0) is 13.1 Å². The van der Waals surface area contributed by atoms with Gasteiger partial charge >= 0.3 is 0 Å². The highest BCUT2D eigenvalue weighted by Gasteiger charge is 2.03. The summed E-state index contributed by atoms with van der Waals surface area (Å²) in [6, 6.07) is 8.39. The van der Waals surface area contributed by atoms with Crippen molar-refractivity contribution in [3.63, 3.8) is 0 Å². The van der Waals surface area contributed by atoms with Crippen LogP contribution >= 0.6 is 11.6 Å². The number of hydrogen-bond acceptors (Lipinski definition) is 3. The molecule has 1 aromatic carbocycles. The first-order valence-electron chi connectivity index (χ1n) is 5.82. The monoisotopic (exact) mass is 280 g/mol. The van der Waals surface area contributed by atoms with E-state index in [0.29, 0.717) is 29.6 Å². The Morgan fingerprint density at radius 2 is 2.11 bits per heavy atom. The van der Waals surface area contributed by atoms with Crippen LogP contribution in [0.2, 0.25) is 5.02 Å². The SMILES string of the molecule is COc1cc(CNCc2ccc(Cl)cc2F)ccn1. The van der Waals surface area contributed by atoms with Crippen molar-refractivity contribution >= 4 is 11.6 Å². The molecule has 0 atom stereocenters. The van der Waals surface area contributed by atoms with Gasteiger partial charge in [-0.25, -0.2) is 9.37 Å². The number of halogens is 2. The average Bonchev–Trinajstić information content (AvgIpc) is 2.41. The summed E-state index contributed by atoms with van der Waals surface area (Å²) in [4.78, 5) is 4.02. The van der Waals surface area contributed by atoms with Gasteiger partial charge in [0.05, 0.1) is 7.11 Å². The van der Waals surface area contributed by atoms with E-state index in [1.807, 2.05) is 12.1 Å². The molecule has 1 aromatic heterocycles. The molecule has 1 N–H and O–H groups in total. The van der Waals surface area contributed by atoms with Gasteiger partial charge in [0, 0.05) is 35.9 Å².